The molecule has 2 aromatic carbocycles. The zero-order valence-corrected chi connectivity index (χ0v) is 22.4. The van der Waals surface area contributed by atoms with Crippen LogP contribution in [0.3, 0.4) is 0 Å². The van der Waals surface area contributed by atoms with Crippen molar-refractivity contribution in [2.45, 2.75) is 28.1 Å². The number of benzene rings is 2. The maximum atomic E-state index is 12.8. The average molecular weight is 527 g/mol. The van der Waals surface area contributed by atoms with E-state index in [-0.39, 0.29) is 20.5 Å². The molecule has 0 amide bonds. The number of methoxy groups -OCH3 is 4. The van der Waals surface area contributed by atoms with E-state index in [1.807, 2.05) is 25.1 Å². The van der Waals surface area contributed by atoms with Crippen molar-refractivity contribution < 1.29 is 32.1 Å². The highest BCUT2D eigenvalue weighted by atomic mass is 32.2. The van der Waals surface area contributed by atoms with Gasteiger partial charge in [0.1, 0.15) is 4.90 Å². The predicted molar refractivity (Wildman–Crippen MR) is 138 cm³/mol. The van der Waals surface area contributed by atoms with E-state index in [4.69, 9.17) is 23.7 Å². The Bertz CT molecular complexity index is 1110. The standard InChI is InChI=1S/C24H30O7S3/c1-7-9-31-23-19(29-5)12-16(13-21(23)34(25,26)8-2)24-32-14-20(33-24)15-10-17(27-3)22(30-6)18(11-15)28-4/h8,10-13,20,24H,2,7,9,14H2,1,3-6H3. The van der Waals surface area contributed by atoms with Crippen molar-refractivity contribution in [1.29, 1.82) is 0 Å². The van der Waals surface area contributed by atoms with Crippen LogP contribution in [-0.2, 0) is 9.84 Å². The second kappa shape index (κ2) is 11.5. The van der Waals surface area contributed by atoms with Gasteiger partial charge in [0.15, 0.2) is 23.0 Å². The van der Waals surface area contributed by atoms with Crippen LogP contribution in [0.5, 0.6) is 28.7 Å². The molecular formula is C24H30O7S3. The molecule has 0 saturated carbocycles. The van der Waals surface area contributed by atoms with Crippen LogP contribution in [0, 0.1) is 0 Å². The molecular weight excluding hydrogens is 496 g/mol. The summed E-state index contributed by atoms with van der Waals surface area (Å²) in [6, 6.07) is 7.44. The quantitative estimate of drug-likeness (QED) is 0.369. The molecule has 2 aromatic rings. The van der Waals surface area contributed by atoms with Crippen LogP contribution in [0.2, 0.25) is 0 Å². The van der Waals surface area contributed by atoms with Crippen LogP contribution in [-0.4, -0.2) is 49.2 Å². The van der Waals surface area contributed by atoms with Gasteiger partial charge in [-0.3, -0.25) is 0 Å². The summed E-state index contributed by atoms with van der Waals surface area (Å²) in [4.78, 5) is 0.0720. The van der Waals surface area contributed by atoms with Gasteiger partial charge in [0.25, 0.3) is 0 Å². The molecule has 7 nitrogen and oxygen atoms in total. The summed E-state index contributed by atoms with van der Waals surface area (Å²) in [5, 5.41) is 1.09. The van der Waals surface area contributed by atoms with Gasteiger partial charge in [0.05, 0.1) is 39.6 Å². The number of hydrogen-bond donors (Lipinski definition) is 0. The highest BCUT2D eigenvalue weighted by Gasteiger charge is 2.32. The molecule has 1 saturated heterocycles. The van der Waals surface area contributed by atoms with Gasteiger partial charge in [-0.15, -0.1) is 23.5 Å². The summed E-state index contributed by atoms with van der Waals surface area (Å²) in [6.45, 7) is 5.82. The molecule has 0 spiro atoms. The fourth-order valence-electron chi connectivity index (χ4n) is 3.57. The minimum Gasteiger partial charge on any atom is -0.493 e. The van der Waals surface area contributed by atoms with E-state index < -0.39 is 9.84 Å². The molecule has 0 aromatic heterocycles. The Balaban J connectivity index is 1.98. The Labute approximate surface area is 210 Å². The van der Waals surface area contributed by atoms with Crippen LogP contribution in [0.1, 0.15) is 34.3 Å². The van der Waals surface area contributed by atoms with Crippen LogP contribution >= 0.6 is 23.5 Å². The third kappa shape index (κ3) is 5.39. The third-order valence-electron chi connectivity index (χ3n) is 5.26. The van der Waals surface area contributed by atoms with Gasteiger partial charge in [-0.2, -0.15) is 0 Å². The van der Waals surface area contributed by atoms with Crippen molar-refractivity contribution in [1.82, 2.24) is 0 Å². The van der Waals surface area contributed by atoms with Crippen molar-refractivity contribution in [2.75, 3.05) is 40.8 Å². The van der Waals surface area contributed by atoms with E-state index in [1.165, 1.54) is 7.11 Å². The molecule has 2 unspecified atom stereocenters. The van der Waals surface area contributed by atoms with E-state index in [1.54, 1.807) is 50.9 Å². The maximum absolute atomic E-state index is 12.8. The lowest BCUT2D eigenvalue weighted by Gasteiger charge is -2.19. The van der Waals surface area contributed by atoms with Crippen LogP contribution in [0.4, 0.5) is 0 Å². The number of thioether (sulfide) groups is 2. The first kappa shape index (κ1) is 26.4. The summed E-state index contributed by atoms with van der Waals surface area (Å²) in [5.41, 5.74) is 1.88. The van der Waals surface area contributed by atoms with Gasteiger partial charge < -0.3 is 23.7 Å². The topological polar surface area (TPSA) is 80.3 Å². The fourth-order valence-corrected chi connectivity index (χ4v) is 7.73. The summed E-state index contributed by atoms with van der Waals surface area (Å²) in [7, 11) is 2.53. The average Bonchev–Trinajstić information content (AvgIpc) is 3.36. The summed E-state index contributed by atoms with van der Waals surface area (Å²) < 4.78 is 53.3. The van der Waals surface area contributed by atoms with Gasteiger partial charge in [0.2, 0.25) is 15.6 Å². The van der Waals surface area contributed by atoms with Gasteiger partial charge in [-0.1, -0.05) is 13.5 Å². The van der Waals surface area contributed by atoms with E-state index in [9.17, 15) is 8.42 Å². The molecule has 1 aliphatic heterocycles. The second-order valence-corrected chi connectivity index (χ2v) is 12.0. The molecule has 10 heteroatoms. The number of sulfone groups is 1. The second-order valence-electron chi connectivity index (χ2n) is 7.36. The summed E-state index contributed by atoms with van der Waals surface area (Å²) in [5.74, 6) is 3.20. The van der Waals surface area contributed by atoms with Crippen LogP contribution in [0.25, 0.3) is 0 Å². The largest absolute Gasteiger partial charge is 0.493 e. The third-order valence-corrected chi connectivity index (χ3v) is 9.95. The predicted octanol–water partition coefficient (Wildman–Crippen LogP) is 5.65. The minimum atomic E-state index is -3.74. The zero-order valence-electron chi connectivity index (χ0n) is 20.0. The first-order valence-corrected chi connectivity index (χ1v) is 14.2. The van der Waals surface area contributed by atoms with Crippen LogP contribution in [0.15, 0.2) is 41.1 Å². The Morgan fingerprint density at radius 1 is 0.941 bits per heavy atom. The lowest BCUT2D eigenvalue weighted by molar-refractivity contribution is 0.286. The minimum absolute atomic E-state index is 0.00279. The molecule has 0 N–H and O–H groups in total. The van der Waals surface area contributed by atoms with Crippen molar-refractivity contribution in [3.05, 3.63) is 47.4 Å². The molecule has 2 atom stereocenters. The molecule has 3 rings (SSSR count). The highest BCUT2D eigenvalue weighted by molar-refractivity contribution is 8.19. The molecule has 1 fully saturated rings. The zero-order chi connectivity index (χ0) is 24.9. The Morgan fingerprint density at radius 3 is 2.06 bits per heavy atom. The van der Waals surface area contributed by atoms with E-state index in [2.05, 4.69) is 6.58 Å². The summed E-state index contributed by atoms with van der Waals surface area (Å²) >= 11 is 3.47. The monoisotopic (exact) mass is 526 g/mol. The Kier molecular flexibility index (Phi) is 8.95. The van der Waals surface area contributed by atoms with E-state index >= 15 is 0 Å². The smallest absolute Gasteiger partial charge is 0.203 e. The van der Waals surface area contributed by atoms with E-state index in [0.717, 1.165) is 28.7 Å². The van der Waals surface area contributed by atoms with Crippen molar-refractivity contribution in [3.8, 4) is 28.7 Å². The first-order valence-electron chi connectivity index (χ1n) is 10.6. The fraction of sp³-hybridized carbons (Fsp3) is 0.417. The molecule has 0 radical (unpaired) electrons. The molecule has 186 valence electrons. The molecule has 1 aliphatic rings. The van der Waals surface area contributed by atoms with Crippen LogP contribution < -0.4 is 23.7 Å². The molecule has 0 aliphatic carbocycles. The Hall–Kier alpha value is -2.17. The molecule has 1 heterocycles. The van der Waals surface area contributed by atoms with Gasteiger partial charge in [-0.05, 0) is 41.8 Å². The van der Waals surface area contributed by atoms with E-state index in [0.29, 0.717) is 29.6 Å². The molecule has 0 bridgehead atoms. The Morgan fingerprint density at radius 2 is 1.53 bits per heavy atom. The normalized spacial score (nSPS) is 17.8. The lowest BCUT2D eigenvalue weighted by Crippen LogP contribution is -2.06. The van der Waals surface area contributed by atoms with Crippen molar-refractivity contribution in [3.63, 3.8) is 0 Å². The molecule has 34 heavy (non-hydrogen) atoms. The lowest BCUT2D eigenvalue weighted by atomic mass is 10.1. The number of ether oxygens (including phenoxy) is 5. The highest BCUT2D eigenvalue weighted by Crippen LogP contribution is 2.58. The first-order chi connectivity index (χ1) is 16.3. The van der Waals surface area contributed by atoms with Gasteiger partial charge in [0, 0.05) is 16.4 Å². The van der Waals surface area contributed by atoms with Crippen molar-refractivity contribution in [2.24, 2.45) is 0 Å². The van der Waals surface area contributed by atoms with Gasteiger partial charge >= 0.3 is 0 Å². The number of hydrogen-bond acceptors (Lipinski definition) is 9. The SMILES string of the molecule is C=CS(=O)(=O)c1cc(C2SCC(c3cc(OC)c(OC)c(OC)c3)S2)cc(OC)c1OCCC. The maximum Gasteiger partial charge on any atom is 0.203 e. The summed E-state index contributed by atoms with van der Waals surface area (Å²) in [6.07, 6.45) is 0.739. The van der Waals surface area contributed by atoms with Crippen molar-refractivity contribution >= 4 is 33.4 Å². The van der Waals surface area contributed by atoms with Gasteiger partial charge in [-0.25, -0.2) is 8.42 Å². The number of rotatable bonds is 11.